The predicted octanol–water partition coefficient (Wildman–Crippen LogP) is 2.87. The standard InChI is InChI=1S/C12H17NOS/c14-11-4-2-1-3-5-12(11)15-10-6-8-13-9-7-10/h6-9,11-12,14H,1-5H2. The second-order valence-corrected chi connectivity index (χ2v) is 5.36. The summed E-state index contributed by atoms with van der Waals surface area (Å²) in [5.41, 5.74) is 0. The fourth-order valence-electron chi connectivity index (χ4n) is 1.98. The lowest BCUT2D eigenvalue weighted by molar-refractivity contribution is 0.163. The maximum absolute atomic E-state index is 9.97. The molecule has 1 aliphatic rings. The van der Waals surface area contributed by atoms with E-state index in [1.807, 2.05) is 24.5 Å². The molecule has 1 aromatic heterocycles. The molecule has 1 aliphatic carbocycles. The van der Waals surface area contributed by atoms with E-state index in [-0.39, 0.29) is 6.10 Å². The van der Waals surface area contributed by atoms with Gasteiger partial charge in [-0.05, 0) is 25.0 Å². The van der Waals surface area contributed by atoms with Crippen LogP contribution in [0.2, 0.25) is 0 Å². The van der Waals surface area contributed by atoms with E-state index in [1.54, 1.807) is 11.8 Å². The van der Waals surface area contributed by atoms with Crippen LogP contribution in [0.1, 0.15) is 32.1 Å². The molecule has 0 radical (unpaired) electrons. The van der Waals surface area contributed by atoms with Gasteiger partial charge in [-0.15, -0.1) is 11.8 Å². The van der Waals surface area contributed by atoms with Gasteiger partial charge in [0.05, 0.1) is 6.10 Å². The molecule has 0 aliphatic heterocycles. The summed E-state index contributed by atoms with van der Waals surface area (Å²) in [7, 11) is 0. The minimum atomic E-state index is -0.134. The van der Waals surface area contributed by atoms with Gasteiger partial charge in [-0.2, -0.15) is 0 Å². The molecule has 82 valence electrons. The first kappa shape index (κ1) is 11.0. The van der Waals surface area contributed by atoms with Crippen LogP contribution >= 0.6 is 11.8 Å². The molecule has 1 fully saturated rings. The van der Waals surface area contributed by atoms with Crippen molar-refractivity contribution in [2.75, 3.05) is 0 Å². The molecule has 0 saturated heterocycles. The minimum absolute atomic E-state index is 0.134. The highest BCUT2D eigenvalue weighted by atomic mass is 32.2. The quantitative estimate of drug-likeness (QED) is 0.783. The number of aliphatic hydroxyl groups is 1. The maximum atomic E-state index is 9.97. The monoisotopic (exact) mass is 223 g/mol. The predicted molar refractivity (Wildman–Crippen MR) is 63.0 cm³/mol. The third-order valence-electron chi connectivity index (χ3n) is 2.85. The van der Waals surface area contributed by atoms with Crippen LogP contribution < -0.4 is 0 Å². The number of thioether (sulfide) groups is 1. The first-order valence-electron chi connectivity index (χ1n) is 5.61. The molecule has 2 atom stereocenters. The number of hydrogen-bond donors (Lipinski definition) is 1. The van der Waals surface area contributed by atoms with E-state index in [9.17, 15) is 5.11 Å². The highest BCUT2D eigenvalue weighted by Gasteiger charge is 2.22. The van der Waals surface area contributed by atoms with E-state index in [2.05, 4.69) is 4.98 Å². The van der Waals surface area contributed by atoms with Gasteiger partial charge < -0.3 is 5.11 Å². The Morgan fingerprint density at radius 1 is 1.13 bits per heavy atom. The summed E-state index contributed by atoms with van der Waals surface area (Å²) >= 11 is 1.80. The lowest BCUT2D eigenvalue weighted by Crippen LogP contribution is -2.21. The lowest BCUT2D eigenvalue weighted by Gasteiger charge is -2.19. The second-order valence-electron chi connectivity index (χ2n) is 4.04. The second kappa shape index (κ2) is 5.52. The molecule has 3 heteroatoms. The Balaban J connectivity index is 1.97. The van der Waals surface area contributed by atoms with Gasteiger partial charge in [-0.1, -0.05) is 19.3 Å². The summed E-state index contributed by atoms with van der Waals surface area (Å²) in [5, 5.41) is 10.3. The fraction of sp³-hybridized carbons (Fsp3) is 0.583. The highest BCUT2D eigenvalue weighted by molar-refractivity contribution is 8.00. The van der Waals surface area contributed by atoms with Crippen molar-refractivity contribution in [1.82, 2.24) is 4.98 Å². The van der Waals surface area contributed by atoms with Crippen molar-refractivity contribution >= 4 is 11.8 Å². The zero-order chi connectivity index (χ0) is 10.5. The molecule has 2 unspecified atom stereocenters. The molecule has 1 heterocycles. The van der Waals surface area contributed by atoms with Crippen LogP contribution in [0.25, 0.3) is 0 Å². The van der Waals surface area contributed by atoms with E-state index in [0.29, 0.717) is 5.25 Å². The molecule has 1 N–H and O–H groups in total. The first-order valence-corrected chi connectivity index (χ1v) is 6.49. The maximum Gasteiger partial charge on any atom is 0.0662 e. The Morgan fingerprint density at radius 2 is 1.87 bits per heavy atom. The Morgan fingerprint density at radius 3 is 2.67 bits per heavy atom. The van der Waals surface area contributed by atoms with E-state index in [1.165, 1.54) is 24.2 Å². The Kier molecular flexibility index (Phi) is 4.03. The van der Waals surface area contributed by atoms with E-state index < -0.39 is 0 Å². The van der Waals surface area contributed by atoms with Crippen molar-refractivity contribution in [1.29, 1.82) is 0 Å². The van der Waals surface area contributed by atoms with Crippen molar-refractivity contribution in [3.8, 4) is 0 Å². The molecule has 2 nitrogen and oxygen atoms in total. The molecule has 0 spiro atoms. The van der Waals surface area contributed by atoms with Crippen LogP contribution in [0.4, 0.5) is 0 Å². The topological polar surface area (TPSA) is 33.1 Å². The number of aliphatic hydroxyl groups excluding tert-OH is 1. The van der Waals surface area contributed by atoms with E-state index >= 15 is 0 Å². The van der Waals surface area contributed by atoms with Gasteiger partial charge in [0, 0.05) is 22.5 Å². The average Bonchev–Trinajstić information content (AvgIpc) is 2.46. The van der Waals surface area contributed by atoms with Crippen molar-refractivity contribution in [2.24, 2.45) is 0 Å². The highest BCUT2D eigenvalue weighted by Crippen LogP contribution is 2.32. The van der Waals surface area contributed by atoms with Gasteiger partial charge in [0.2, 0.25) is 0 Å². The number of nitrogens with zero attached hydrogens (tertiary/aromatic N) is 1. The minimum Gasteiger partial charge on any atom is -0.392 e. The van der Waals surface area contributed by atoms with Gasteiger partial charge in [-0.25, -0.2) is 0 Å². The number of pyridine rings is 1. The molecule has 0 amide bonds. The van der Waals surface area contributed by atoms with Gasteiger partial charge in [0.25, 0.3) is 0 Å². The summed E-state index contributed by atoms with van der Waals surface area (Å²) in [6, 6.07) is 4.03. The zero-order valence-electron chi connectivity index (χ0n) is 8.80. The molecule has 2 rings (SSSR count). The summed E-state index contributed by atoms with van der Waals surface area (Å²) < 4.78 is 0. The Hall–Kier alpha value is -0.540. The number of aromatic nitrogens is 1. The molecule has 1 aromatic rings. The molecule has 15 heavy (non-hydrogen) atoms. The summed E-state index contributed by atoms with van der Waals surface area (Å²) in [5.74, 6) is 0. The molecule has 0 aromatic carbocycles. The SMILES string of the molecule is OC1CCCCCC1Sc1ccncc1. The van der Waals surface area contributed by atoms with Crippen molar-refractivity contribution < 1.29 is 5.11 Å². The number of rotatable bonds is 2. The van der Waals surface area contributed by atoms with Crippen LogP contribution in [0.3, 0.4) is 0 Å². The Bertz CT molecular complexity index is 291. The number of hydrogen-bond acceptors (Lipinski definition) is 3. The molecular formula is C12H17NOS. The van der Waals surface area contributed by atoms with Gasteiger partial charge in [-0.3, -0.25) is 4.98 Å². The Labute approximate surface area is 95.1 Å². The first-order chi connectivity index (χ1) is 7.36. The fourth-order valence-corrected chi connectivity index (χ4v) is 3.19. The third kappa shape index (κ3) is 3.21. The average molecular weight is 223 g/mol. The molecule has 0 bridgehead atoms. The van der Waals surface area contributed by atoms with E-state index in [0.717, 1.165) is 12.8 Å². The molecule has 1 saturated carbocycles. The van der Waals surface area contributed by atoms with Crippen LogP contribution in [0, 0.1) is 0 Å². The molecular weight excluding hydrogens is 206 g/mol. The normalized spacial score (nSPS) is 27.3. The lowest BCUT2D eigenvalue weighted by atomic mass is 10.1. The van der Waals surface area contributed by atoms with E-state index in [4.69, 9.17) is 0 Å². The van der Waals surface area contributed by atoms with Crippen molar-refractivity contribution in [3.05, 3.63) is 24.5 Å². The summed E-state index contributed by atoms with van der Waals surface area (Å²) in [6.45, 7) is 0. The van der Waals surface area contributed by atoms with Crippen molar-refractivity contribution in [3.63, 3.8) is 0 Å². The van der Waals surface area contributed by atoms with Crippen molar-refractivity contribution in [2.45, 2.75) is 48.4 Å². The van der Waals surface area contributed by atoms with Gasteiger partial charge in [0.1, 0.15) is 0 Å². The zero-order valence-corrected chi connectivity index (χ0v) is 9.62. The van der Waals surface area contributed by atoms with Crippen LogP contribution in [0.15, 0.2) is 29.4 Å². The smallest absolute Gasteiger partial charge is 0.0662 e. The van der Waals surface area contributed by atoms with Crippen LogP contribution in [0.5, 0.6) is 0 Å². The van der Waals surface area contributed by atoms with Crippen LogP contribution in [-0.2, 0) is 0 Å². The van der Waals surface area contributed by atoms with Gasteiger partial charge in [0.15, 0.2) is 0 Å². The third-order valence-corrected chi connectivity index (χ3v) is 4.25. The van der Waals surface area contributed by atoms with Gasteiger partial charge >= 0.3 is 0 Å². The summed E-state index contributed by atoms with van der Waals surface area (Å²) in [6.07, 6.45) is 9.28. The van der Waals surface area contributed by atoms with Crippen LogP contribution in [-0.4, -0.2) is 21.4 Å². The largest absolute Gasteiger partial charge is 0.392 e. The summed E-state index contributed by atoms with van der Waals surface area (Å²) in [4.78, 5) is 5.22.